The summed E-state index contributed by atoms with van der Waals surface area (Å²) in [5.74, 6) is 0. The summed E-state index contributed by atoms with van der Waals surface area (Å²) in [6, 6.07) is 18.1. The van der Waals surface area contributed by atoms with Gasteiger partial charge in [-0.25, -0.2) is 0 Å². The molecule has 2 aromatic carbocycles. The van der Waals surface area contributed by atoms with Crippen LogP contribution in [0.3, 0.4) is 0 Å². The van der Waals surface area contributed by atoms with Crippen molar-refractivity contribution in [3.63, 3.8) is 0 Å². The van der Waals surface area contributed by atoms with E-state index in [0.29, 0.717) is 0 Å². The number of aromatic nitrogens is 1. The van der Waals surface area contributed by atoms with E-state index >= 15 is 0 Å². The number of nitrogens with zero attached hydrogens (tertiary/aromatic N) is 1. The Morgan fingerprint density at radius 3 is 2.35 bits per heavy atom. The number of rotatable bonds is 2. The highest BCUT2D eigenvalue weighted by Crippen LogP contribution is 2.17. The number of benzene rings is 2. The second kappa shape index (κ2) is 4.97. The lowest BCUT2D eigenvalue weighted by atomic mass is 10.0. The van der Waals surface area contributed by atoms with Gasteiger partial charge < -0.3 is 4.57 Å². The van der Waals surface area contributed by atoms with Gasteiger partial charge in [-0.05, 0) is 24.6 Å². The van der Waals surface area contributed by atoms with E-state index in [1.807, 2.05) is 56.4 Å². The van der Waals surface area contributed by atoms with Gasteiger partial charge in [0.1, 0.15) is 0 Å². The van der Waals surface area contributed by atoms with E-state index in [0.717, 1.165) is 28.6 Å². The summed E-state index contributed by atoms with van der Waals surface area (Å²) < 4.78 is 2.14. The largest absolute Gasteiger partial charge is 0.347 e. The van der Waals surface area contributed by atoms with Crippen LogP contribution in [-0.2, 0) is 13.5 Å². The molecule has 0 unspecified atom stereocenters. The normalized spacial score (nSPS) is 10.9. The van der Waals surface area contributed by atoms with Crippen molar-refractivity contribution in [2.24, 2.45) is 7.05 Å². The smallest absolute Gasteiger partial charge is 0.192 e. The van der Waals surface area contributed by atoms with Crippen molar-refractivity contribution in [2.75, 3.05) is 0 Å². The Labute approximate surface area is 118 Å². The Kier molecular flexibility index (Phi) is 3.15. The van der Waals surface area contributed by atoms with Crippen LogP contribution in [0.15, 0.2) is 59.4 Å². The minimum absolute atomic E-state index is 0.143. The maximum Gasteiger partial charge on any atom is 0.192 e. The first kappa shape index (κ1) is 12.7. The fourth-order valence-electron chi connectivity index (χ4n) is 2.73. The van der Waals surface area contributed by atoms with Gasteiger partial charge in [-0.1, -0.05) is 42.5 Å². The van der Waals surface area contributed by atoms with Gasteiger partial charge in [-0.3, -0.25) is 4.79 Å². The molecule has 3 aromatic rings. The maximum absolute atomic E-state index is 12.5. The minimum Gasteiger partial charge on any atom is -0.347 e. The molecule has 0 bridgehead atoms. The second-order valence-electron chi connectivity index (χ2n) is 5.14. The van der Waals surface area contributed by atoms with Crippen LogP contribution in [0.5, 0.6) is 0 Å². The molecular weight excluding hydrogens is 246 g/mol. The van der Waals surface area contributed by atoms with Crippen LogP contribution in [-0.4, -0.2) is 4.57 Å². The van der Waals surface area contributed by atoms with E-state index < -0.39 is 0 Å². The number of pyridine rings is 1. The predicted molar refractivity (Wildman–Crippen MR) is 83.2 cm³/mol. The third-order valence-corrected chi connectivity index (χ3v) is 3.90. The molecule has 0 amide bonds. The molecule has 0 fully saturated rings. The van der Waals surface area contributed by atoms with Gasteiger partial charge in [0.15, 0.2) is 5.43 Å². The Hall–Kier alpha value is -2.35. The zero-order valence-electron chi connectivity index (χ0n) is 11.8. The van der Waals surface area contributed by atoms with Crippen LogP contribution in [0.1, 0.15) is 16.8 Å². The number of para-hydroxylation sites is 1. The van der Waals surface area contributed by atoms with Gasteiger partial charge in [-0.2, -0.15) is 0 Å². The second-order valence-corrected chi connectivity index (χ2v) is 5.14. The molecule has 0 aliphatic rings. The molecular formula is C18H17NO. The quantitative estimate of drug-likeness (QED) is 0.694. The highest BCUT2D eigenvalue weighted by Gasteiger charge is 2.11. The van der Waals surface area contributed by atoms with E-state index in [9.17, 15) is 4.79 Å². The SMILES string of the molecule is Cc1c(Cc2ccccc2)n(C)c2ccccc2c1=O. The third kappa shape index (κ3) is 2.03. The highest BCUT2D eigenvalue weighted by molar-refractivity contribution is 5.80. The Morgan fingerprint density at radius 2 is 1.60 bits per heavy atom. The summed E-state index contributed by atoms with van der Waals surface area (Å²) in [5.41, 5.74) is 4.29. The molecule has 2 heteroatoms. The molecule has 0 N–H and O–H groups in total. The molecule has 3 rings (SSSR count). The molecule has 20 heavy (non-hydrogen) atoms. The van der Waals surface area contributed by atoms with Crippen LogP contribution in [0, 0.1) is 6.92 Å². The fourth-order valence-corrected chi connectivity index (χ4v) is 2.73. The average Bonchev–Trinajstić information content (AvgIpc) is 2.50. The van der Waals surface area contributed by atoms with Gasteiger partial charge in [0.2, 0.25) is 0 Å². The molecule has 0 atom stereocenters. The molecule has 100 valence electrons. The first-order valence-electron chi connectivity index (χ1n) is 6.79. The lowest BCUT2D eigenvalue weighted by molar-refractivity contribution is 0.847. The average molecular weight is 263 g/mol. The van der Waals surface area contributed by atoms with Gasteiger partial charge in [0, 0.05) is 30.1 Å². The minimum atomic E-state index is 0.143. The van der Waals surface area contributed by atoms with Crippen molar-refractivity contribution in [3.05, 3.63) is 81.6 Å². The van der Waals surface area contributed by atoms with Crippen LogP contribution in [0.4, 0.5) is 0 Å². The molecule has 0 radical (unpaired) electrons. The molecule has 1 aromatic heterocycles. The fraction of sp³-hybridized carbons (Fsp3) is 0.167. The number of hydrogen-bond donors (Lipinski definition) is 0. The Balaban J connectivity index is 2.23. The van der Waals surface area contributed by atoms with Gasteiger partial charge in [0.05, 0.1) is 5.52 Å². The third-order valence-electron chi connectivity index (χ3n) is 3.90. The van der Waals surface area contributed by atoms with E-state index in [1.54, 1.807) is 0 Å². The summed E-state index contributed by atoms with van der Waals surface area (Å²) in [7, 11) is 2.03. The topological polar surface area (TPSA) is 22.0 Å². The molecule has 0 saturated heterocycles. The zero-order valence-corrected chi connectivity index (χ0v) is 11.8. The number of aryl methyl sites for hydroxylation is 1. The lowest BCUT2D eigenvalue weighted by Crippen LogP contribution is -2.17. The van der Waals surface area contributed by atoms with Crippen molar-refractivity contribution < 1.29 is 0 Å². The summed E-state index contributed by atoms with van der Waals surface area (Å²) in [5, 5.41) is 0.796. The van der Waals surface area contributed by atoms with Crippen molar-refractivity contribution in [2.45, 2.75) is 13.3 Å². The summed E-state index contributed by atoms with van der Waals surface area (Å²) in [6.07, 6.45) is 0.781. The van der Waals surface area contributed by atoms with E-state index in [2.05, 4.69) is 16.7 Å². The summed E-state index contributed by atoms with van der Waals surface area (Å²) in [6.45, 7) is 1.92. The standard InChI is InChI=1S/C18H17NO/c1-13-17(12-14-8-4-3-5-9-14)19(2)16-11-7-6-10-15(16)18(13)20/h3-11H,12H2,1-2H3. The molecule has 2 nitrogen and oxygen atoms in total. The molecule has 1 heterocycles. The van der Waals surface area contributed by atoms with Gasteiger partial charge >= 0.3 is 0 Å². The molecule has 0 saturated carbocycles. The van der Waals surface area contributed by atoms with Crippen molar-refractivity contribution in [1.82, 2.24) is 4.57 Å². The van der Waals surface area contributed by atoms with Crippen molar-refractivity contribution >= 4 is 10.9 Å². The van der Waals surface area contributed by atoms with Crippen LogP contribution < -0.4 is 5.43 Å². The predicted octanol–water partition coefficient (Wildman–Crippen LogP) is 3.44. The monoisotopic (exact) mass is 263 g/mol. The van der Waals surface area contributed by atoms with E-state index in [4.69, 9.17) is 0 Å². The maximum atomic E-state index is 12.5. The van der Waals surface area contributed by atoms with Crippen LogP contribution in [0.25, 0.3) is 10.9 Å². The lowest BCUT2D eigenvalue weighted by Gasteiger charge is -2.15. The number of fused-ring (bicyclic) bond motifs is 1. The van der Waals surface area contributed by atoms with E-state index in [-0.39, 0.29) is 5.43 Å². The van der Waals surface area contributed by atoms with E-state index in [1.165, 1.54) is 5.56 Å². The molecule has 0 aliphatic carbocycles. The molecule has 0 spiro atoms. The van der Waals surface area contributed by atoms with Crippen molar-refractivity contribution in [1.29, 1.82) is 0 Å². The number of hydrogen-bond acceptors (Lipinski definition) is 1. The highest BCUT2D eigenvalue weighted by atomic mass is 16.1. The first-order chi connectivity index (χ1) is 9.68. The van der Waals surface area contributed by atoms with Crippen molar-refractivity contribution in [3.8, 4) is 0 Å². The Morgan fingerprint density at radius 1 is 0.950 bits per heavy atom. The zero-order chi connectivity index (χ0) is 14.1. The van der Waals surface area contributed by atoms with Gasteiger partial charge in [-0.15, -0.1) is 0 Å². The first-order valence-corrected chi connectivity index (χ1v) is 6.79. The summed E-state index contributed by atoms with van der Waals surface area (Å²) in [4.78, 5) is 12.5. The molecule has 0 aliphatic heterocycles. The summed E-state index contributed by atoms with van der Waals surface area (Å²) >= 11 is 0. The van der Waals surface area contributed by atoms with Crippen LogP contribution in [0.2, 0.25) is 0 Å². The van der Waals surface area contributed by atoms with Crippen LogP contribution >= 0.6 is 0 Å². The van der Waals surface area contributed by atoms with Gasteiger partial charge in [0.25, 0.3) is 0 Å². The Bertz CT molecular complexity index is 816.